The number of hydrogen-bond donors (Lipinski definition) is 0. The highest BCUT2D eigenvalue weighted by molar-refractivity contribution is 6.11. The van der Waals surface area contributed by atoms with Crippen molar-refractivity contribution in [3.63, 3.8) is 0 Å². The van der Waals surface area contributed by atoms with Gasteiger partial charge in [0.05, 0.1) is 45.3 Å². The van der Waals surface area contributed by atoms with Gasteiger partial charge in [0.15, 0.2) is 0 Å². The molecule has 1 unspecified atom stereocenters. The maximum atomic E-state index is 10.5. The molecule has 9 rings (SSSR count). The van der Waals surface area contributed by atoms with Crippen LogP contribution in [-0.4, -0.2) is 9.13 Å². The first-order chi connectivity index (χ1) is 23.7. The van der Waals surface area contributed by atoms with E-state index in [4.69, 9.17) is 0 Å². The van der Waals surface area contributed by atoms with Crippen molar-refractivity contribution in [1.29, 1.82) is 10.5 Å². The summed E-state index contributed by atoms with van der Waals surface area (Å²) in [6.45, 7) is 0. The minimum absolute atomic E-state index is 0.0478. The molecule has 7 aromatic rings. The van der Waals surface area contributed by atoms with Crippen molar-refractivity contribution < 1.29 is 0 Å². The maximum Gasteiger partial charge on any atom is 0.0994 e. The second-order valence-corrected chi connectivity index (χ2v) is 12.6. The van der Waals surface area contributed by atoms with Crippen LogP contribution in [0.25, 0.3) is 55.0 Å². The highest BCUT2D eigenvalue weighted by Crippen LogP contribution is 2.45. The Morgan fingerprint density at radius 3 is 1.85 bits per heavy atom. The summed E-state index contributed by atoms with van der Waals surface area (Å²) in [6, 6.07) is 45.3. The van der Waals surface area contributed by atoms with Gasteiger partial charge in [0.25, 0.3) is 0 Å². The third-order valence-electron chi connectivity index (χ3n) is 10.1. The highest BCUT2D eigenvalue weighted by atomic mass is 15.0. The summed E-state index contributed by atoms with van der Waals surface area (Å²) in [5, 5.41) is 24.9. The number of benzene rings is 5. The zero-order valence-electron chi connectivity index (χ0n) is 26.3. The Hall–Kier alpha value is -6.36. The molecule has 2 aromatic heterocycles. The molecule has 0 saturated carbocycles. The van der Waals surface area contributed by atoms with Crippen molar-refractivity contribution in [2.75, 3.05) is 0 Å². The van der Waals surface area contributed by atoms with E-state index in [1.165, 1.54) is 32.9 Å². The predicted molar refractivity (Wildman–Crippen MR) is 196 cm³/mol. The zero-order valence-corrected chi connectivity index (χ0v) is 26.3. The fourth-order valence-corrected chi connectivity index (χ4v) is 7.98. The molecule has 0 radical (unpaired) electrons. The molecular weight excluding hydrogens is 585 g/mol. The van der Waals surface area contributed by atoms with Crippen LogP contribution in [0.2, 0.25) is 0 Å². The number of aromatic nitrogens is 2. The molecule has 0 N–H and O–H groups in total. The number of para-hydroxylation sites is 3. The second kappa shape index (κ2) is 11.2. The van der Waals surface area contributed by atoms with E-state index in [0.717, 1.165) is 63.6 Å². The van der Waals surface area contributed by atoms with Gasteiger partial charge in [-0.2, -0.15) is 10.5 Å². The fraction of sp³-hybridized carbons (Fsp3) is 0.0909. The summed E-state index contributed by atoms with van der Waals surface area (Å²) < 4.78 is 4.65. The highest BCUT2D eigenvalue weighted by Gasteiger charge is 2.29. The van der Waals surface area contributed by atoms with Crippen LogP contribution in [0.5, 0.6) is 0 Å². The lowest BCUT2D eigenvalue weighted by Crippen LogP contribution is -2.14. The molecule has 226 valence electrons. The van der Waals surface area contributed by atoms with E-state index in [1.807, 2.05) is 18.2 Å². The molecule has 1 atom stereocenters. The second-order valence-electron chi connectivity index (χ2n) is 12.6. The van der Waals surface area contributed by atoms with E-state index < -0.39 is 0 Å². The standard InChI is InChI=1S/C44H30N4/c45-27-29-20-25-37-36-13-1-5-16-39(36)47(43(37)26-29)32-23-21-30(22-24-32)33-15-9-10-31(28-46)44(33)38-14-4-8-19-42(38)48-40-17-6-2-11-34(40)35-12-3-7-18-41(35)48/h1-3,5-13,16-26,33H,4,14-15H2. The van der Waals surface area contributed by atoms with Crippen molar-refractivity contribution in [2.45, 2.75) is 25.2 Å². The number of allylic oxidation sites excluding steroid dienone is 8. The third kappa shape index (κ3) is 4.20. The van der Waals surface area contributed by atoms with Gasteiger partial charge in [-0.1, -0.05) is 84.9 Å². The minimum Gasteiger partial charge on any atom is -0.309 e. The predicted octanol–water partition coefficient (Wildman–Crippen LogP) is 10.9. The largest absolute Gasteiger partial charge is 0.309 e. The van der Waals surface area contributed by atoms with Crippen LogP contribution in [0, 0.1) is 22.7 Å². The van der Waals surface area contributed by atoms with Gasteiger partial charge in [0.2, 0.25) is 0 Å². The normalized spacial score (nSPS) is 16.3. The van der Waals surface area contributed by atoms with Crippen molar-refractivity contribution in [3.05, 3.63) is 167 Å². The van der Waals surface area contributed by atoms with E-state index in [-0.39, 0.29) is 5.92 Å². The lowest BCUT2D eigenvalue weighted by atomic mass is 9.76. The number of fused-ring (bicyclic) bond motifs is 6. The number of rotatable bonds is 4. The Morgan fingerprint density at radius 2 is 1.21 bits per heavy atom. The Balaban J connectivity index is 1.21. The summed E-state index contributed by atoms with van der Waals surface area (Å²) in [5.74, 6) is 0.0478. The number of nitrogens with zero attached hydrogens (tertiary/aromatic N) is 4. The molecular formula is C44H30N4. The van der Waals surface area contributed by atoms with Crippen LogP contribution in [0.4, 0.5) is 0 Å². The Kier molecular flexibility index (Phi) is 6.49. The summed E-state index contributed by atoms with van der Waals surface area (Å²) in [7, 11) is 0. The molecule has 0 amide bonds. The molecule has 0 saturated heterocycles. The van der Waals surface area contributed by atoms with E-state index in [1.54, 1.807) is 0 Å². The molecule has 0 aliphatic heterocycles. The first-order valence-electron chi connectivity index (χ1n) is 16.5. The molecule has 2 aliphatic carbocycles. The fourth-order valence-electron chi connectivity index (χ4n) is 7.98. The molecule has 4 heteroatoms. The summed E-state index contributed by atoms with van der Waals surface area (Å²) in [5.41, 5.74) is 11.6. The van der Waals surface area contributed by atoms with Crippen LogP contribution in [0.15, 0.2) is 156 Å². The van der Waals surface area contributed by atoms with Crippen LogP contribution in [-0.2, 0) is 0 Å². The van der Waals surface area contributed by atoms with Crippen molar-refractivity contribution in [1.82, 2.24) is 9.13 Å². The van der Waals surface area contributed by atoms with E-state index in [2.05, 4.69) is 143 Å². The Morgan fingerprint density at radius 1 is 0.583 bits per heavy atom. The van der Waals surface area contributed by atoms with Gasteiger partial charge in [-0.3, -0.25) is 0 Å². The smallest absolute Gasteiger partial charge is 0.0994 e. The van der Waals surface area contributed by atoms with Gasteiger partial charge in [-0.05, 0) is 90.6 Å². The van der Waals surface area contributed by atoms with Gasteiger partial charge < -0.3 is 9.13 Å². The molecule has 5 aromatic carbocycles. The average Bonchev–Trinajstić information content (AvgIpc) is 3.67. The van der Waals surface area contributed by atoms with E-state index in [9.17, 15) is 10.5 Å². The van der Waals surface area contributed by atoms with Gasteiger partial charge in [-0.15, -0.1) is 0 Å². The SMILES string of the molecule is N#CC1=C(C2=C(n3c4ccccc4c4ccccc43)C=CCC2)C(c2ccc(-n3c4ccccc4c4ccc(C#N)cc43)cc2)CC=C1. The molecule has 0 fully saturated rings. The molecule has 48 heavy (non-hydrogen) atoms. The maximum absolute atomic E-state index is 10.5. The van der Waals surface area contributed by atoms with Gasteiger partial charge in [0, 0.05) is 38.8 Å². The molecule has 0 bridgehead atoms. The molecule has 2 aliphatic rings. The minimum atomic E-state index is 0.0478. The summed E-state index contributed by atoms with van der Waals surface area (Å²) >= 11 is 0. The number of nitriles is 2. The zero-order chi connectivity index (χ0) is 32.2. The average molecular weight is 615 g/mol. The van der Waals surface area contributed by atoms with Gasteiger partial charge >= 0.3 is 0 Å². The van der Waals surface area contributed by atoms with Gasteiger partial charge in [0.1, 0.15) is 0 Å². The lowest BCUT2D eigenvalue weighted by Gasteiger charge is -2.29. The third-order valence-corrected chi connectivity index (χ3v) is 10.1. The molecule has 4 nitrogen and oxygen atoms in total. The van der Waals surface area contributed by atoms with Crippen LogP contribution in [0.3, 0.4) is 0 Å². The first-order valence-corrected chi connectivity index (χ1v) is 16.5. The van der Waals surface area contributed by atoms with Crippen molar-refractivity contribution >= 4 is 49.3 Å². The molecule has 2 heterocycles. The Labute approximate surface area is 278 Å². The van der Waals surface area contributed by atoms with Gasteiger partial charge in [-0.25, -0.2) is 0 Å². The first kappa shape index (κ1) is 27.9. The Bertz CT molecular complexity index is 2600. The van der Waals surface area contributed by atoms with Crippen molar-refractivity contribution in [2.24, 2.45) is 0 Å². The molecule has 0 spiro atoms. The topological polar surface area (TPSA) is 57.4 Å². The number of hydrogen-bond acceptors (Lipinski definition) is 2. The monoisotopic (exact) mass is 614 g/mol. The van der Waals surface area contributed by atoms with Crippen molar-refractivity contribution in [3.8, 4) is 17.8 Å². The quantitative estimate of drug-likeness (QED) is 0.198. The lowest BCUT2D eigenvalue weighted by molar-refractivity contribution is 0.775. The van der Waals surface area contributed by atoms with E-state index >= 15 is 0 Å². The van der Waals surface area contributed by atoms with E-state index in [0.29, 0.717) is 5.56 Å². The van der Waals surface area contributed by atoms with Crippen LogP contribution >= 0.6 is 0 Å². The summed E-state index contributed by atoms with van der Waals surface area (Å²) in [4.78, 5) is 0. The summed E-state index contributed by atoms with van der Waals surface area (Å²) in [6.07, 6.45) is 11.3. The van der Waals surface area contributed by atoms with Crippen LogP contribution in [0.1, 0.15) is 36.3 Å². The van der Waals surface area contributed by atoms with Crippen LogP contribution < -0.4 is 0 Å².